The molecule has 0 saturated heterocycles. The molecule has 1 amide bonds. The molecule has 1 N–H and O–H groups in total. The van der Waals surface area contributed by atoms with Gasteiger partial charge < -0.3 is 14.4 Å². The molecule has 0 aliphatic rings. The van der Waals surface area contributed by atoms with Crippen molar-refractivity contribution >= 4 is 23.2 Å². The second kappa shape index (κ2) is 6.13. The number of carboxylic acid groups (broad SMARTS) is 1. The Morgan fingerprint density at radius 2 is 2.19 bits per heavy atom. The smallest absolute Gasteiger partial charge is 0.311 e. The quantitative estimate of drug-likeness (QED) is 0.921. The van der Waals surface area contributed by atoms with Gasteiger partial charge in [-0.2, -0.15) is 0 Å². The van der Waals surface area contributed by atoms with E-state index in [0.717, 1.165) is 4.88 Å². The van der Waals surface area contributed by atoms with Crippen molar-refractivity contribution in [3.05, 3.63) is 45.5 Å². The molecule has 0 bridgehead atoms. The molecule has 0 aliphatic heterocycles. The summed E-state index contributed by atoms with van der Waals surface area (Å²) in [6.45, 7) is 3.68. The van der Waals surface area contributed by atoms with Gasteiger partial charge in [0, 0.05) is 17.5 Å². The number of hydrogen-bond acceptors (Lipinski definition) is 4. The van der Waals surface area contributed by atoms with Gasteiger partial charge in [-0.15, -0.1) is 11.3 Å². The Hall–Kier alpha value is -2.08. The summed E-state index contributed by atoms with van der Waals surface area (Å²) >= 11 is 1.58. The van der Waals surface area contributed by atoms with E-state index in [1.54, 1.807) is 30.2 Å². The van der Waals surface area contributed by atoms with Gasteiger partial charge in [-0.05, 0) is 25.3 Å². The van der Waals surface area contributed by atoms with Gasteiger partial charge in [-0.1, -0.05) is 6.07 Å². The topological polar surface area (TPSA) is 70.7 Å². The molecule has 112 valence electrons. The zero-order valence-corrected chi connectivity index (χ0v) is 12.9. The molecule has 0 spiro atoms. The Balaban J connectivity index is 2.27. The fourth-order valence-electron chi connectivity index (χ4n) is 2.12. The van der Waals surface area contributed by atoms with Crippen LogP contribution in [0.2, 0.25) is 0 Å². The summed E-state index contributed by atoms with van der Waals surface area (Å²) in [5.74, 6) is -1.04. The second-order valence-electron chi connectivity index (χ2n) is 4.89. The summed E-state index contributed by atoms with van der Waals surface area (Å²) in [6, 6.07) is 3.83. The number of carboxylic acids is 1. The van der Waals surface area contributed by atoms with Crippen LogP contribution in [0.1, 0.15) is 39.5 Å². The Morgan fingerprint density at radius 3 is 2.76 bits per heavy atom. The number of carbonyl (C=O) groups excluding carboxylic acids is 1. The minimum atomic E-state index is -1.02. The van der Waals surface area contributed by atoms with E-state index < -0.39 is 5.97 Å². The van der Waals surface area contributed by atoms with Crippen LogP contribution in [-0.4, -0.2) is 28.9 Å². The molecule has 0 aromatic carbocycles. The van der Waals surface area contributed by atoms with Crippen LogP contribution in [0, 0.1) is 6.92 Å². The normalized spacial score (nSPS) is 12.1. The van der Waals surface area contributed by atoms with E-state index in [2.05, 4.69) is 0 Å². The molecule has 5 nitrogen and oxygen atoms in total. The third-order valence-electron chi connectivity index (χ3n) is 3.43. The monoisotopic (exact) mass is 307 g/mol. The van der Waals surface area contributed by atoms with E-state index in [9.17, 15) is 9.59 Å². The van der Waals surface area contributed by atoms with Crippen molar-refractivity contribution in [3.63, 3.8) is 0 Å². The minimum Gasteiger partial charge on any atom is -0.481 e. The number of furan rings is 1. The molecule has 1 atom stereocenters. The molecular formula is C15H17NO4S. The van der Waals surface area contributed by atoms with Crippen LogP contribution < -0.4 is 0 Å². The zero-order valence-electron chi connectivity index (χ0n) is 12.1. The van der Waals surface area contributed by atoms with E-state index in [0.29, 0.717) is 11.1 Å². The van der Waals surface area contributed by atoms with Crippen LogP contribution in [0.25, 0.3) is 0 Å². The molecule has 0 saturated carbocycles. The Kier molecular flexibility index (Phi) is 4.47. The number of aryl methyl sites for hydroxylation is 1. The first-order valence-electron chi connectivity index (χ1n) is 6.51. The van der Waals surface area contributed by atoms with Crippen molar-refractivity contribution in [2.75, 3.05) is 7.05 Å². The number of carbonyl (C=O) groups is 2. The van der Waals surface area contributed by atoms with Gasteiger partial charge in [0.15, 0.2) is 0 Å². The van der Waals surface area contributed by atoms with Crippen LogP contribution in [0.3, 0.4) is 0 Å². The molecule has 2 heterocycles. The number of amides is 1. The number of aliphatic carboxylic acids is 1. The number of thiophene rings is 1. The van der Waals surface area contributed by atoms with Crippen molar-refractivity contribution in [2.24, 2.45) is 0 Å². The summed E-state index contributed by atoms with van der Waals surface area (Å²) < 4.78 is 5.22. The molecule has 0 fully saturated rings. The zero-order chi connectivity index (χ0) is 15.6. The highest BCUT2D eigenvalue weighted by Gasteiger charge is 2.26. The number of nitrogens with zero attached hydrogens (tertiary/aromatic N) is 1. The van der Waals surface area contributed by atoms with Crippen molar-refractivity contribution < 1.29 is 19.1 Å². The molecule has 21 heavy (non-hydrogen) atoms. The summed E-state index contributed by atoms with van der Waals surface area (Å²) in [7, 11) is 1.71. The molecule has 0 aliphatic carbocycles. The predicted molar refractivity (Wildman–Crippen MR) is 79.6 cm³/mol. The van der Waals surface area contributed by atoms with Crippen LogP contribution in [0.5, 0.6) is 0 Å². The molecule has 1 unspecified atom stereocenters. The van der Waals surface area contributed by atoms with Crippen LogP contribution in [0.15, 0.2) is 28.2 Å². The molecule has 0 radical (unpaired) electrons. The predicted octanol–water partition coefficient (Wildman–Crippen LogP) is 3.11. The van der Waals surface area contributed by atoms with Crippen molar-refractivity contribution in [2.45, 2.75) is 26.3 Å². The fourth-order valence-corrected chi connectivity index (χ4v) is 2.95. The Morgan fingerprint density at radius 1 is 1.48 bits per heavy atom. The van der Waals surface area contributed by atoms with Gasteiger partial charge in [0.25, 0.3) is 5.91 Å². The average Bonchev–Trinajstić information content (AvgIpc) is 3.06. The highest BCUT2D eigenvalue weighted by Crippen LogP contribution is 2.27. The largest absolute Gasteiger partial charge is 0.481 e. The third-order valence-corrected chi connectivity index (χ3v) is 4.48. The minimum absolute atomic E-state index is 0.0792. The summed E-state index contributed by atoms with van der Waals surface area (Å²) in [5, 5.41) is 10.9. The number of rotatable bonds is 5. The maximum absolute atomic E-state index is 12.6. The van der Waals surface area contributed by atoms with Gasteiger partial charge in [-0.25, -0.2) is 0 Å². The van der Waals surface area contributed by atoms with Gasteiger partial charge in [0.2, 0.25) is 0 Å². The Bertz CT molecular complexity index is 645. The first-order chi connectivity index (χ1) is 9.91. The van der Waals surface area contributed by atoms with Crippen LogP contribution >= 0.6 is 11.3 Å². The molecular weight excluding hydrogens is 290 g/mol. The van der Waals surface area contributed by atoms with E-state index in [-0.39, 0.29) is 24.1 Å². The maximum atomic E-state index is 12.6. The van der Waals surface area contributed by atoms with Gasteiger partial charge in [0.05, 0.1) is 17.9 Å². The molecule has 2 aromatic heterocycles. The van der Waals surface area contributed by atoms with Crippen molar-refractivity contribution in [3.8, 4) is 0 Å². The lowest BCUT2D eigenvalue weighted by atomic mass is 10.1. The van der Waals surface area contributed by atoms with E-state index in [4.69, 9.17) is 9.52 Å². The lowest BCUT2D eigenvalue weighted by molar-refractivity contribution is -0.136. The standard InChI is InChI=1S/C15H17NO4S/c1-9-8-20-11(7-13(17)18)14(9)15(19)16(3)10(2)12-5-4-6-21-12/h4-6,8,10H,7H2,1-3H3,(H,17,18). The summed E-state index contributed by atoms with van der Waals surface area (Å²) in [5.41, 5.74) is 1.00. The van der Waals surface area contributed by atoms with Crippen LogP contribution in [0.4, 0.5) is 0 Å². The fraction of sp³-hybridized carbons (Fsp3) is 0.333. The SMILES string of the molecule is Cc1coc(CC(=O)O)c1C(=O)N(C)C(C)c1cccs1. The molecule has 6 heteroatoms. The third kappa shape index (κ3) is 3.16. The van der Waals surface area contributed by atoms with E-state index in [1.165, 1.54) is 6.26 Å². The summed E-state index contributed by atoms with van der Waals surface area (Å²) in [6.07, 6.45) is 1.13. The van der Waals surface area contributed by atoms with Gasteiger partial charge in [0.1, 0.15) is 12.2 Å². The average molecular weight is 307 g/mol. The lowest BCUT2D eigenvalue weighted by Crippen LogP contribution is -2.30. The highest BCUT2D eigenvalue weighted by atomic mass is 32.1. The second-order valence-corrected chi connectivity index (χ2v) is 5.87. The van der Waals surface area contributed by atoms with E-state index >= 15 is 0 Å². The van der Waals surface area contributed by atoms with Crippen molar-refractivity contribution in [1.82, 2.24) is 4.90 Å². The van der Waals surface area contributed by atoms with Crippen LogP contribution in [-0.2, 0) is 11.2 Å². The maximum Gasteiger partial charge on any atom is 0.311 e. The Labute approximate surface area is 126 Å². The number of hydrogen-bond donors (Lipinski definition) is 1. The first kappa shape index (κ1) is 15.3. The van der Waals surface area contributed by atoms with E-state index in [1.807, 2.05) is 24.4 Å². The summed E-state index contributed by atoms with van der Waals surface area (Å²) in [4.78, 5) is 26.2. The highest BCUT2D eigenvalue weighted by molar-refractivity contribution is 7.10. The van der Waals surface area contributed by atoms with Gasteiger partial charge in [-0.3, -0.25) is 9.59 Å². The first-order valence-corrected chi connectivity index (χ1v) is 7.39. The molecule has 2 rings (SSSR count). The molecule has 2 aromatic rings. The van der Waals surface area contributed by atoms with Gasteiger partial charge >= 0.3 is 5.97 Å². The lowest BCUT2D eigenvalue weighted by Gasteiger charge is -2.24. The van der Waals surface area contributed by atoms with Crippen molar-refractivity contribution in [1.29, 1.82) is 0 Å².